The molecule has 1 amide bonds. The van der Waals surface area contributed by atoms with Gasteiger partial charge in [-0.2, -0.15) is 0 Å². The second-order valence-electron chi connectivity index (χ2n) is 3.06. The third-order valence-electron chi connectivity index (χ3n) is 1.57. The molecule has 0 aromatic carbocycles. The van der Waals surface area contributed by atoms with Crippen LogP contribution in [0.2, 0.25) is 0 Å². The van der Waals surface area contributed by atoms with Crippen molar-refractivity contribution in [2.75, 3.05) is 25.9 Å². The quantitative estimate of drug-likeness (QED) is 0.633. The Morgan fingerprint density at radius 3 is 2.67 bits per heavy atom. The van der Waals surface area contributed by atoms with Crippen molar-refractivity contribution in [3.8, 4) is 0 Å². The number of hydrogen-bond donors (Lipinski definition) is 1. The fourth-order valence-electron chi connectivity index (χ4n) is 1.08. The van der Waals surface area contributed by atoms with Gasteiger partial charge in [0.15, 0.2) is 0 Å². The lowest BCUT2D eigenvalue weighted by Crippen LogP contribution is -2.55. The molecule has 0 aromatic rings. The summed E-state index contributed by atoms with van der Waals surface area (Å²) in [5.41, 5.74) is -0.426. The van der Waals surface area contributed by atoms with Crippen LogP contribution < -0.4 is 5.32 Å². The first-order chi connectivity index (χ1) is 5.66. The molecule has 0 radical (unpaired) electrons. The highest BCUT2D eigenvalue weighted by atomic mass is 35.5. The largest absolute Gasteiger partial charge is 0.353 e. The summed E-state index contributed by atoms with van der Waals surface area (Å²) in [5.74, 6) is -0.233. The SMILES string of the molecule is CC1(NC(=O)CCl)COCOC1. The Morgan fingerprint density at radius 1 is 1.58 bits per heavy atom. The van der Waals surface area contributed by atoms with Gasteiger partial charge in [-0.15, -0.1) is 11.6 Å². The number of hydrogen-bond acceptors (Lipinski definition) is 3. The molecule has 1 heterocycles. The third kappa shape index (κ3) is 2.62. The van der Waals surface area contributed by atoms with Gasteiger partial charge in [0.05, 0.1) is 18.8 Å². The van der Waals surface area contributed by atoms with Crippen molar-refractivity contribution in [1.29, 1.82) is 0 Å². The summed E-state index contributed by atoms with van der Waals surface area (Å²) in [4.78, 5) is 10.9. The molecule has 70 valence electrons. The maximum Gasteiger partial charge on any atom is 0.235 e. The summed E-state index contributed by atoms with van der Waals surface area (Å²) in [6.07, 6.45) is 0. The van der Waals surface area contributed by atoms with E-state index in [0.29, 0.717) is 20.0 Å². The van der Waals surface area contributed by atoms with Crippen LogP contribution in [0.4, 0.5) is 0 Å². The number of amides is 1. The van der Waals surface area contributed by atoms with E-state index in [2.05, 4.69) is 5.32 Å². The molecule has 0 aromatic heterocycles. The van der Waals surface area contributed by atoms with E-state index in [1.807, 2.05) is 6.92 Å². The first-order valence-electron chi connectivity index (χ1n) is 3.69. The minimum atomic E-state index is -0.426. The fourth-order valence-corrected chi connectivity index (χ4v) is 1.14. The lowest BCUT2D eigenvalue weighted by atomic mass is 10.1. The van der Waals surface area contributed by atoms with Crippen LogP contribution in [0.5, 0.6) is 0 Å². The zero-order valence-electron chi connectivity index (χ0n) is 6.93. The second-order valence-corrected chi connectivity index (χ2v) is 3.32. The summed E-state index contributed by atoms with van der Waals surface area (Å²) in [6.45, 7) is 3.09. The monoisotopic (exact) mass is 193 g/mol. The number of rotatable bonds is 2. The van der Waals surface area contributed by atoms with Crippen molar-refractivity contribution in [2.45, 2.75) is 12.5 Å². The van der Waals surface area contributed by atoms with E-state index in [9.17, 15) is 4.79 Å². The van der Waals surface area contributed by atoms with Crippen LogP contribution in [-0.4, -0.2) is 37.3 Å². The minimum absolute atomic E-state index is 0.0322. The van der Waals surface area contributed by atoms with Gasteiger partial charge in [0.25, 0.3) is 0 Å². The molecule has 1 N–H and O–H groups in total. The normalized spacial score (nSPS) is 21.8. The predicted molar refractivity (Wildman–Crippen MR) is 44.0 cm³/mol. The van der Waals surface area contributed by atoms with Gasteiger partial charge >= 0.3 is 0 Å². The van der Waals surface area contributed by atoms with Crippen molar-refractivity contribution in [3.05, 3.63) is 0 Å². The summed E-state index contributed by atoms with van der Waals surface area (Å²) < 4.78 is 10.1. The summed E-state index contributed by atoms with van der Waals surface area (Å²) in [7, 11) is 0. The van der Waals surface area contributed by atoms with Gasteiger partial charge in [-0.3, -0.25) is 4.79 Å². The number of alkyl halides is 1. The Kier molecular flexibility index (Phi) is 3.31. The van der Waals surface area contributed by atoms with Crippen molar-refractivity contribution < 1.29 is 14.3 Å². The molecule has 0 saturated carbocycles. The molecule has 1 aliphatic rings. The Balaban J connectivity index is 2.41. The van der Waals surface area contributed by atoms with E-state index >= 15 is 0 Å². The summed E-state index contributed by atoms with van der Waals surface area (Å²) in [5, 5.41) is 2.72. The topological polar surface area (TPSA) is 47.6 Å². The average molecular weight is 194 g/mol. The molecule has 1 saturated heterocycles. The Bertz CT molecular complexity index is 168. The molecule has 0 bridgehead atoms. The number of ether oxygens (including phenoxy) is 2. The van der Waals surface area contributed by atoms with Crippen LogP contribution in [0.25, 0.3) is 0 Å². The Labute approximate surface area is 76.2 Å². The van der Waals surface area contributed by atoms with E-state index in [4.69, 9.17) is 21.1 Å². The molecule has 5 heteroatoms. The van der Waals surface area contributed by atoms with Gasteiger partial charge in [-0.1, -0.05) is 0 Å². The smallest absolute Gasteiger partial charge is 0.235 e. The van der Waals surface area contributed by atoms with Crippen LogP contribution >= 0.6 is 11.6 Å². The highest BCUT2D eigenvalue weighted by Crippen LogP contribution is 2.10. The van der Waals surface area contributed by atoms with Crippen molar-refractivity contribution in [2.24, 2.45) is 0 Å². The Morgan fingerprint density at radius 2 is 2.17 bits per heavy atom. The van der Waals surface area contributed by atoms with Gasteiger partial charge in [0.2, 0.25) is 5.91 Å². The fraction of sp³-hybridized carbons (Fsp3) is 0.857. The maximum absolute atomic E-state index is 10.9. The molecule has 4 nitrogen and oxygen atoms in total. The van der Waals surface area contributed by atoms with E-state index in [0.717, 1.165) is 0 Å². The molecular formula is C7H12ClNO3. The van der Waals surface area contributed by atoms with Crippen molar-refractivity contribution in [1.82, 2.24) is 5.32 Å². The molecule has 0 spiro atoms. The first kappa shape index (κ1) is 9.77. The zero-order chi connectivity index (χ0) is 9.03. The standard InChI is InChI=1S/C7H12ClNO3/c1-7(9-6(10)2-8)3-11-5-12-4-7/h2-5H2,1H3,(H,9,10). The highest BCUT2D eigenvalue weighted by molar-refractivity contribution is 6.27. The van der Waals surface area contributed by atoms with E-state index in [-0.39, 0.29) is 11.8 Å². The van der Waals surface area contributed by atoms with Gasteiger partial charge in [0, 0.05) is 0 Å². The van der Waals surface area contributed by atoms with Crippen molar-refractivity contribution >= 4 is 17.5 Å². The molecule has 1 fully saturated rings. The highest BCUT2D eigenvalue weighted by Gasteiger charge is 2.29. The van der Waals surface area contributed by atoms with E-state index < -0.39 is 5.54 Å². The second kappa shape index (κ2) is 4.07. The van der Waals surface area contributed by atoms with Gasteiger partial charge in [-0.05, 0) is 6.92 Å². The summed E-state index contributed by atoms with van der Waals surface area (Å²) in [6, 6.07) is 0. The van der Waals surface area contributed by atoms with Crippen molar-refractivity contribution in [3.63, 3.8) is 0 Å². The number of nitrogens with one attached hydrogen (secondary N) is 1. The maximum atomic E-state index is 10.9. The number of halogens is 1. The molecule has 1 rings (SSSR count). The van der Waals surface area contributed by atoms with E-state index in [1.165, 1.54) is 0 Å². The number of carbonyl (C=O) groups excluding carboxylic acids is 1. The zero-order valence-corrected chi connectivity index (χ0v) is 7.69. The van der Waals surface area contributed by atoms with Crippen LogP contribution in [0.1, 0.15) is 6.92 Å². The molecular weight excluding hydrogens is 182 g/mol. The van der Waals surface area contributed by atoms with Crippen LogP contribution in [-0.2, 0) is 14.3 Å². The van der Waals surface area contributed by atoms with Gasteiger partial charge < -0.3 is 14.8 Å². The first-order valence-corrected chi connectivity index (χ1v) is 4.22. The molecule has 0 aliphatic carbocycles. The average Bonchev–Trinajstić information content (AvgIpc) is 2.05. The third-order valence-corrected chi connectivity index (χ3v) is 1.81. The molecule has 12 heavy (non-hydrogen) atoms. The lowest BCUT2D eigenvalue weighted by molar-refractivity contribution is -0.148. The van der Waals surface area contributed by atoms with Crippen LogP contribution in [0.3, 0.4) is 0 Å². The van der Waals surface area contributed by atoms with Crippen LogP contribution in [0, 0.1) is 0 Å². The predicted octanol–water partition coefficient (Wildman–Crippen LogP) is 0.104. The van der Waals surface area contributed by atoms with E-state index in [1.54, 1.807) is 0 Å². The molecule has 0 unspecified atom stereocenters. The van der Waals surface area contributed by atoms with Gasteiger partial charge in [-0.25, -0.2) is 0 Å². The minimum Gasteiger partial charge on any atom is -0.353 e. The van der Waals surface area contributed by atoms with Gasteiger partial charge in [0.1, 0.15) is 12.7 Å². The summed E-state index contributed by atoms with van der Waals surface area (Å²) >= 11 is 5.34. The Hall–Kier alpha value is -0.320. The molecule has 1 aliphatic heterocycles. The van der Waals surface area contributed by atoms with Crippen LogP contribution in [0.15, 0.2) is 0 Å². The number of carbonyl (C=O) groups is 1. The molecule has 0 atom stereocenters. The lowest BCUT2D eigenvalue weighted by Gasteiger charge is -2.33.